The molecule has 0 saturated carbocycles. The van der Waals surface area contributed by atoms with Crippen LogP contribution in [0.1, 0.15) is 12.8 Å². The Labute approximate surface area is 127 Å². The van der Waals surface area contributed by atoms with Gasteiger partial charge in [-0.15, -0.1) is 0 Å². The molecule has 1 fully saturated rings. The Hall–Kier alpha value is -1.11. The second kappa shape index (κ2) is 7.06. The van der Waals surface area contributed by atoms with Crippen molar-refractivity contribution in [2.75, 3.05) is 37.8 Å². The number of benzene rings is 1. The molecular formula is C14H20BrN3O2. The molecule has 1 saturated heterocycles. The van der Waals surface area contributed by atoms with Gasteiger partial charge in [-0.05, 0) is 54.0 Å². The molecule has 6 heteroatoms. The summed E-state index contributed by atoms with van der Waals surface area (Å²) in [5.74, 6) is -0.0454. The van der Waals surface area contributed by atoms with Crippen LogP contribution in [-0.2, 0) is 9.53 Å². The molecule has 0 aliphatic carbocycles. The molecule has 1 aliphatic rings. The highest BCUT2D eigenvalue weighted by Gasteiger charge is 2.18. The van der Waals surface area contributed by atoms with Crippen molar-refractivity contribution < 1.29 is 9.53 Å². The molecule has 1 aliphatic heterocycles. The number of halogens is 1. The van der Waals surface area contributed by atoms with Gasteiger partial charge in [0, 0.05) is 23.3 Å². The third-order valence-electron chi connectivity index (χ3n) is 3.22. The zero-order chi connectivity index (χ0) is 14.5. The van der Waals surface area contributed by atoms with E-state index in [0.717, 1.165) is 36.2 Å². The van der Waals surface area contributed by atoms with E-state index in [4.69, 9.17) is 10.5 Å². The number of nitrogens with two attached hydrogens (primary N) is 1. The number of nitrogen functional groups attached to an aromatic ring is 1. The van der Waals surface area contributed by atoms with E-state index in [1.807, 2.05) is 11.9 Å². The summed E-state index contributed by atoms with van der Waals surface area (Å²) in [7, 11) is 1.93. The first-order valence-electron chi connectivity index (χ1n) is 6.69. The quantitative estimate of drug-likeness (QED) is 0.804. The minimum Gasteiger partial charge on any atom is -0.399 e. The molecule has 0 radical (unpaired) electrons. The van der Waals surface area contributed by atoms with Gasteiger partial charge in [0.05, 0.1) is 18.3 Å². The van der Waals surface area contributed by atoms with E-state index in [-0.39, 0.29) is 12.0 Å². The van der Waals surface area contributed by atoms with Crippen LogP contribution in [0.3, 0.4) is 0 Å². The van der Waals surface area contributed by atoms with Gasteiger partial charge in [0.25, 0.3) is 0 Å². The topological polar surface area (TPSA) is 67.6 Å². The van der Waals surface area contributed by atoms with Gasteiger partial charge in [-0.2, -0.15) is 0 Å². The third-order valence-corrected chi connectivity index (χ3v) is 3.88. The molecule has 1 amide bonds. The number of carbonyl (C=O) groups excluding carboxylic acids is 1. The van der Waals surface area contributed by atoms with E-state index < -0.39 is 0 Å². The highest BCUT2D eigenvalue weighted by atomic mass is 79.9. The Morgan fingerprint density at radius 2 is 2.40 bits per heavy atom. The summed E-state index contributed by atoms with van der Waals surface area (Å²) in [6, 6.07) is 5.32. The van der Waals surface area contributed by atoms with E-state index in [2.05, 4.69) is 21.2 Å². The van der Waals surface area contributed by atoms with Crippen LogP contribution in [0.5, 0.6) is 0 Å². The zero-order valence-corrected chi connectivity index (χ0v) is 13.1. The van der Waals surface area contributed by atoms with Gasteiger partial charge in [0.15, 0.2) is 0 Å². The van der Waals surface area contributed by atoms with Crippen molar-refractivity contribution in [3.8, 4) is 0 Å². The van der Waals surface area contributed by atoms with Crippen molar-refractivity contribution in [3.63, 3.8) is 0 Å². The molecule has 1 aromatic carbocycles. The monoisotopic (exact) mass is 341 g/mol. The maximum Gasteiger partial charge on any atom is 0.238 e. The van der Waals surface area contributed by atoms with E-state index in [1.54, 1.807) is 18.2 Å². The van der Waals surface area contributed by atoms with Crippen LogP contribution in [0.25, 0.3) is 0 Å². The summed E-state index contributed by atoms with van der Waals surface area (Å²) in [6.07, 6.45) is 2.45. The van der Waals surface area contributed by atoms with Gasteiger partial charge in [-0.3, -0.25) is 9.69 Å². The Balaban J connectivity index is 1.82. The van der Waals surface area contributed by atoms with Crippen molar-refractivity contribution in [2.24, 2.45) is 0 Å². The van der Waals surface area contributed by atoms with Gasteiger partial charge < -0.3 is 15.8 Å². The summed E-state index contributed by atoms with van der Waals surface area (Å²) in [5.41, 5.74) is 7.05. The lowest BCUT2D eigenvalue weighted by Gasteiger charge is -2.20. The first-order chi connectivity index (χ1) is 9.54. The van der Waals surface area contributed by atoms with Crippen LogP contribution in [-0.4, -0.2) is 43.7 Å². The highest BCUT2D eigenvalue weighted by Crippen LogP contribution is 2.24. The van der Waals surface area contributed by atoms with Gasteiger partial charge in [0.1, 0.15) is 0 Å². The molecule has 1 atom stereocenters. The SMILES string of the molecule is CN(CC(=O)Nc1ccc(N)cc1Br)CC1CCCO1. The molecule has 0 aromatic heterocycles. The maximum atomic E-state index is 12.0. The number of nitrogens with zero attached hydrogens (tertiary/aromatic N) is 1. The smallest absolute Gasteiger partial charge is 0.238 e. The largest absolute Gasteiger partial charge is 0.399 e. The zero-order valence-electron chi connectivity index (χ0n) is 11.6. The van der Waals surface area contributed by atoms with E-state index >= 15 is 0 Å². The highest BCUT2D eigenvalue weighted by molar-refractivity contribution is 9.10. The molecule has 0 spiro atoms. The molecule has 3 N–H and O–H groups in total. The van der Waals surface area contributed by atoms with Gasteiger partial charge in [0.2, 0.25) is 5.91 Å². The van der Waals surface area contributed by atoms with Crippen molar-refractivity contribution in [2.45, 2.75) is 18.9 Å². The van der Waals surface area contributed by atoms with Gasteiger partial charge in [-0.1, -0.05) is 0 Å². The Morgan fingerprint density at radius 1 is 1.60 bits per heavy atom. The van der Waals surface area contributed by atoms with Crippen molar-refractivity contribution >= 4 is 33.2 Å². The molecule has 2 rings (SSSR count). The predicted molar refractivity (Wildman–Crippen MR) is 83.7 cm³/mol. The van der Waals surface area contributed by atoms with Gasteiger partial charge in [-0.25, -0.2) is 0 Å². The third kappa shape index (κ3) is 4.47. The molecule has 20 heavy (non-hydrogen) atoms. The molecule has 1 aromatic rings. The first kappa shape index (κ1) is 15.3. The summed E-state index contributed by atoms with van der Waals surface area (Å²) in [5, 5.41) is 2.87. The second-order valence-corrected chi connectivity index (χ2v) is 5.97. The number of nitrogens with one attached hydrogen (secondary N) is 1. The number of anilines is 2. The number of carbonyl (C=O) groups is 1. The average molecular weight is 342 g/mol. The Kier molecular flexibility index (Phi) is 5.39. The molecule has 1 heterocycles. The number of likely N-dealkylation sites (N-methyl/N-ethyl adjacent to an activating group) is 1. The lowest BCUT2D eigenvalue weighted by Crippen LogP contribution is -2.35. The van der Waals surface area contributed by atoms with Gasteiger partial charge >= 0.3 is 0 Å². The van der Waals surface area contributed by atoms with E-state index in [9.17, 15) is 4.79 Å². The molecule has 5 nitrogen and oxygen atoms in total. The van der Waals surface area contributed by atoms with Crippen LogP contribution in [0.4, 0.5) is 11.4 Å². The Bertz CT molecular complexity index is 475. The second-order valence-electron chi connectivity index (χ2n) is 5.12. The van der Waals surface area contributed by atoms with Crippen molar-refractivity contribution in [3.05, 3.63) is 22.7 Å². The average Bonchev–Trinajstić information content (AvgIpc) is 2.85. The first-order valence-corrected chi connectivity index (χ1v) is 7.49. The van der Waals surface area contributed by atoms with Crippen LogP contribution >= 0.6 is 15.9 Å². The summed E-state index contributed by atoms with van der Waals surface area (Å²) < 4.78 is 6.35. The van der Waals surface area contributed by atoms with Crippen LogP contribution in [0.15, 0.2) is 22.7 Å². The number of rotatable bonds is 5. The minimum absolute atomic E-state index is 0.0454. The molecule has 110 valence electrons. The fourth-order valence-electron chi connectivity index (χ4n) is 2.27. The van der Waals surface area contributed by atoms with Crippen LogP contribution in [0, 0.1) is 0 Å². The number of hydrogen-bond donors (Lipinski definition) is 2. The standard InChI is InChI=1S/C14H20BrN3O2/c1-18(8-11-3-2-6-20-11)9-14(19)17-13-5-4-10(16)7-12(13)15/h4-5,7,11H,2-3,6,8-9,16H2,1H3,(H,17,19). The van der Waals surface area contributed by atoms with Crippen molar-refractivity contribution in [1.29, 1.82) is 0 Å². The summed E-state index contributed by atoms with van der Waals surface area (Å²) in [4.78, 5) is 14.0. The lowest BCUT2D eigenvalue weighted by molar-refractivity contribution is -0.117. The molecule has 0 bridgehead atoms. The number of ether oxygens (including phenoxy) is 1. The molecular weight excluding hydrogens is 322 g/mol. The summed E-state index contributed by atoms with van der Waals surface area (Å²) >= 11 is 3.38. The minimum atomic E-state index is -0.0454. The lowest BCUT2D eigenvalue weighted by atomic mass is 10.2. The predicted octanol–water partition coefficient (Wildman–Crippen LogP) is 2.08. The normalized spacial score (nSPS) is 18.4. The summed E-state index contributed by atoms with van der Waals surface area (Å²) in [6.45, 7) is 1.97. The maximum absolute atomic E-state index is 12.0. The number of amides is 1. The fraction of sp³-hybridized carbons (Fsp3) is 0.500. The Morgan fingerprint density at radius 3 is 3.05 bits per heavy atom. The van der Waals surface area contributed by atoms with E-state index in [0.29, 0.717) is 12.2 Å². The molecule has 1 unspecified atom stereocenters. The van der Waals surface area contributed by atoms with Crippen LogP contribution < -0.4 is 11.1 Å². The van der Waals surface area contributed by atoms with Crippen molar-refractivity contribution in [1.82, 2.24) is 4.90 Å². The fourth-order valence-corrected chi connectivity index (χ4v) is 2.76. The van der Waals surface area contributed by atoms with Crippen LogP contribution in [0.2, 0.25) is 0 Å². The number of hydrogen-bond acceptors (Lipinski definition) is 4. The van der Waals surface area contributed by atoms with E-state index in [1.165, 1.54) is 0 Å².